The molecule has 6 nitrogen and oxygen atoms in total. The summed E-state index contributed by atoms with van der Waals surface area (Å²) in [5.74, 6) is 0.771. The monoisotopic (exact) mass is 388 g/mol. The molecule has 0 bridgehead atoms. The molecule has 1 fully saturated rings. The maximum atomic E-state index is 12.8. The first kappa shape index (κ1) is 19.4. The van der Waals surface area contributed by atoms with E-state index in [1.54, 1.807) is 36.5 Å². The number of ether oxygens (including phenoxy) is 1. The quantitative estimate of drug-likeness (QED) is 0.787. The molecule has 0 aliphatic carbocycles. The summed E-state index contributed by atoms with van der Waals surface area (Å²) in [6, 6.07) is 9.26. The first-order valence-corrected chi connectivity index (χ1v) is 11.0. The first-order chi connectivity index (χ1) is 12.9. The Balaban J connectivity index is 1.74. The molecule has 1 aliphatic heterocycles. The molecule has 3 rings (SSSR count). The molecule has 1 aromatic heterocycles. The summed E-state index contributed by atoms with van der Waals surface area (Å²) in [5.41, 5.74) is 2.46. The van der Waals surface area contributed by atoms with Crippen LogP contribution in [-0.2, 0) is 9.84 Å². The van der Waals surface area contributed by atoms with Crippen molar-refractivity contribution in [3.63, 3.8) is 0 Å². The van der Waals surface area contributed by atoms with E-state index in [4.69, 9.17) is 4.74 Å². The summed E-state index contributed by atoms with van der Waals surface area (Å²) in [6.07, 6.45) is 6.28. The number of nitrogens with zero attached hydrogens (tertiary/aromatic N) is 2. The van der Waals surface area contributed by atoms with E-state index in [-0.39, 0.29) is 17.6 Å². The number of carbonyl (C=O) groups excluding carboxylic acids is 1. The third kappa shape index (κ3) is 4.86. The number of hydrogen-bond acceptors (Lipinski definition) is 5. The van der Waals surface area contributed by atoms with Gasteiger partial charge in [0.2, 0.25) is 0 Å². The van der Waals surface area contributed by atoms with E-state index < -0.39 is 9.84 Å². The third-order valence-corrected chi connectivity index (χ3v) is 5.87. The molecule has 0 saturated carbocycles. The largest absolute Gasteiger partial charge is 0.494 e. The standard InChI is InChI=1S/C20H24N2O4S/c1-26-19-12-21-10-9-18(19)16-5-7-17(8-6-16)20(23)22-11-3-4-15(13-22)14-27(2,24)25/h5-10,12,15H,3-4,11,13-14H2,1-2H3. The molecule has 2 aromatic rings. The van der Waals surface area contributed by atoms with Gasteiger partial charge in [-0.25, -0.2) is 8.42 Å². The van der Waals surface area contributed by atoms with Gasteiger partial charge in [0.25, 0.3) is 5.91 Å². The summed E-state index contributed by atoms with van der Waals surface area (Å²) < 4.78 is 28.4. The van der Waals surface area contributed by atoms with Crippen LogP contribution in [0.5, 0.6) is 5.75 Å². The molecule has 144 valence electrons. The van der Waals surface area contributed by atoms with Crippen molar-refractivity contribution in [2.24, 2.45) is 5.92 Å². The molecule has 1 unspecified atom stereocenters. The van der Waals surface area contributed by atoms with E-state index in [1.165, 1.54) is 6.26 Å². The third-order valence-electron chi connectivity index (χ3n) is 4.79. The molecule has 0 N–H and O–H groups in total. The molecule has 0 radical (unpaired) electrons. The van der Waals surface area contributed by atoms with Gasteiger partial charge in [-0.05, 0) is 42.5 Å². The van der Waals surface area contributed by atoms with Gasteiger partial charge in [-0.15, -0.1) is 0 Å². The van der Waals surface area contributed by atoms with Gasteiger partial charge in [0, 0.05) is 36.7 Å². The van der Waals surface area contributed by atoms with Crippen molar-refractivity contribution < 1.29 is 17.9 Å². The van der Waals surface area contributed by atoms with Gasteiger partial charge in [0.1, 0.15) is 15.6 Å². The van der Waals surface area contributed by atoms with Crippen molar-refractivity contribution in [1.82, 2.24) is 9.88 Å². The summed E-state index contributed by atoms with van der Waals surface area (Å²) in [6.45, 7) is 1.16. The van der Waals surface area contributed by atoms with E-state index in [1.807, 2.05) is 18.2 Å². The van der Waals surface area contributed by atoms with Crippen molar-refractivity contribution in [2.75, 3.05) is 32.2 Å². The molecule has 0 spiro atoms. The number of likely N-dealkylation sites (tertiary alicyclic amines) is 1. The van der Waals surface area contributed by atoms with Crippen LogP contribution in [0.15, 0.2) is 42.7 Å². The highest BCUT2D eigenvalue weighted by molar-refractivity contribution is 7.90. The van der Waals surface area contributed by atoms with Gasteiger partial charge in [-0.2, -0.15) is 0 Å². The molecule has 1 amide bonds. The lowest BCUT2D eigenvalue weighted by atomic mass is 9.98. The van der Waals surface area contributed by atoms with Gasteiger partial charge in [0.05, 0.1) is 19.1 Å². The maximum absolute atomic E-state index is 12.8. The maximum Gasteiger partial charge on any atom is 0.253 e. The Morgan fingerprint density at radius 1 is 1.26 bits per heavy atom. The number of aromatic nitrogens is 1. The lowest BCUT2D eigenvalue weighted by Crippen LogP contribution is -2.41. The zero-order chi connectivity index (χ0) is 19.4. The molecule has 1 aromatic carbocycles. The van der Waals surface area contributed by atoms with Crippen LogP contribution in [0.25, 0.3) is 11.1 Å². The molecular weight excluding hydrogens is 364 g/mol. The predicted octanol–water partition coefficient (Wildman–Crippen LogP) is 2.65. The summed E-state index contributed by atoms with van der Waals surface area (Å²) >= 11 is 0. The Bertz CT molecular complexity index is 910. The Kier molecular flexibility index (Phi) is 5.79. The number of hydrogen-bond donors (Lipinski definition) is 0. The van der Waals surface area contributed by atoms with Crippen LogP contribution >= 0.6 is 0 Å². The SMILES string of the molecule is COc1cnccc1-c1ccc(C(=O)N2CCCC(CS(C)(=O)=O)C2)cc1. The smallest absolute Gasteiger partial charge is 0.253 e. The zero-order valence-electron chi connectivity index (χ0n) is 15.6. The molecule has 1 atom stereocenters. The van der Waals surface area contributed by atoms with Crippen LogP contribution in [0, 0.1) is 5.92 Å². The van der Waals surface area contributed by atoms with Crippen LogP contribution in [-0.4, -0.2) is 56.4 Å². The van der Waals surface area contributed by atoms with Gasteiger partial charge < -0.3 is 9.64 Å². The fraction of sp³-hybridized carbons (Fsp3) is 0.400. The summed E-state index contributed by atoms with van der Waals surface area (Å²) in [4.78, 5) is 18.6. The number of methoxy groups -OCH3 is 1. The highest BCUT2D eigenvalue weighted by Gasteiger charge is 2.26. The normalized spacial score (nSPS) is 17.6. The van der Waals surface area contributed by atoms with Crippen LogP contribution in [0.3, 0.4) is 0 Å². The number of benzene rings is 1. The van der Waals surface area contributed by atoms with E-state index in [9.17, 15) is 13.2 Å². The fourth-order valence-corrected chi connectivity index (χ4v) is 4.70. The summed E-state index contributed by atoms with van der Waals surface area (Å²) in [7, 11) is -1.44. The number of pyridine rings is 1. The lowest BCUT2D eigenvalue weighted by molar-refractivity contribution is 0.0684. The van der Waals surface area contributed by atoms with Crippen molar-refractivity contribution >= 4 is 15.7 Å². The van der Waals surface area contributed by atoms with Crippen LogP contribution in [0.1, 0.15) is 23.2 Å². The van der Waals surface area contributed by atoms with E-state index in [0.29, 0.717) is 24.4 Å². The average Bonchev–Trinajstić information content (AvgIpc) is 2.66. The molecule has 1 aliphatic rings. The number of carbonyl (C=O) groups is 1. The first-order valence-electron chi connectivity index (χ1n) is 8.93. The second-order valence-corrected chi connectivity index (χ2v) is 9.19. The van der Waals surface area contributed by atoms with Crippen LogP contribution < -0.4 is 4.74 Å². The van der Waals surface area contributed by atoms with Crippen molar-refractivity contribution in [2.45, 2.75) is 12.8 Å². The Morgan fingerprint density at radius 2 is 2.00 bits per heavy atom. The number of rotatable bonds is 5. The van der Waals surface area contributed by atoms with Gasteiger partial charge in [-0.1, -0.05) is 12.1 Å². The zero-order valence-corrected chi connectivity index (χ0v) is 16.4. The van der Waals surface area contributed by atoms with Gasteiger partial charge >= 0.3 is 0 Å². The van der Waals surface area contributed by atoms with E-state index >= 15 is 0 Å². The molecule has 1 saturated heterocycles. The highest BCUT2D eigenvalue weighted by atomic mass is 32.2. The second kappa shape index (κ2) is 8.08. The molecule has 7 heteroatoms. The van der Waals surface area contributed by atoms with Crippen LogP contribution in [0.4, 0.5) is 0 Å². The van der Waals surface area contributed by atoms with Crippen molar-refractivity contribution in [3.8, 4) is 16.9 Å². The summed E-state index contributed by atoms with van der Waals surface area (Å²) in [5, 5.41) is 0. The van der Waals surface area contributed by atoms with Crippen LogP contribution in [0.2, 0.25) is 0 Å². The minimum atomic E-state index is -3.04. The number of piperidine rings is 1. The van der Waals surface area contributed by atoms with Gasteiger partial charge in [0.15, 0.2) is 0 Å². The second-order valence-electron chi connectivity index (χ2n) is 7.01. The Labute approximate surface area is 160 Å². The topological polar surface area (TPSA) is 76.6 Å². The predicted molar refractivity (Wildman–Crippen MR) is 105 cm³/mol. The molecular formula is C20H24N2O4S. The lowest BCUT2D eigenvalue weighted by Gasteiger charge is -2.32. The van der Waals surface area contributed by atoms with E-state index in [0.717, 1.165) is 24.0 Å². The highest BCUT2D eigenvalue weighted by Crippen LogP contribution is 2.29. The fourth-order valence-electron chi connectivity index (χ4n) is 3.57. The Morgan fingerprint density at radius 3 is 2.67 bits per heavy atom. The Hall–Kier alpha value is -2.41. The minimum absolute atomic E-state index is 0.0121. The van der Waals surface area contributed by atoms with Crippen molar-refractivity contribution in [1.29, 1.82) is 0 Å². The van der Waals surface area contributed by atoms with Crippen molar-refractivity contribution in [3.05, 3.63) is 48.3 Å². The van der Waals surface area contributed by atoms with Gasteiger partial charge in [-0.3, -0.25) is 9.78 Å². The molecule has 2 heterocycles. The number of sulfone groups is 1. The van der Waals surface area contributed by atoms with E-state index in [2.05, 4.69) is 4.98 Å². The molecule has 27 heavy (non-hydrogen) atoms. The number of amides is 1. The average molecular weight is 388 g/mol. The minimum Gasteiger partial charge on any atom is -0.494 e.